The summed E-state index contributed by atoms with van der Waals surface area (Å²) in [5, 5.41) is 6.85. The lowest BCUT2D eigenvalue weighted by Crippen LogP contribution is -2.30. The first kappa shape index (κ1) is 15.3. The molecule has 0 radical (unpaired) electrons. The van der Waals surface area contributed by atoms with Crippen molar-refractivity contribution in [1.82, 2.24) is 14.7 Å². The Balaban J connectivity index is 1.75. The van der Waals surface area contributed by atoms with Gasteiger partial charge >= 0.3 is 0 Å². The lowest BCUT2D eigenvalue weighted by Gasteiger charge is -2.19. The first-order valence-corrected chi connectivity index (χ1v) is 8.52. The summed E-state index contributed by atoms with van der Waals surface area (Å²) in [5.41, 5.74) is 1.64. The maximum Gasteiger partial charge on any atom is 0.247 e. The van der Waals surface area contributed by atoms with Crippen LogP contribution in [0, 0.1) is 6.92 Å². The van der Waals surface area contributed by atoms with Crippen molar-refractivity contribution in [3.8, 4) is 0 Å². The minimum atomic E-state index is 0.0372. The lowest BCUT2D eigenvalue weighted by atomic mass is 10.2. The quantitative estimate of drug-likeness (QED) is 0.782. The number of aromatic nitrogens is 2. The number of hydrogen-bond acceptors (Lipinski definition) is 3. The summed E-state index contributed by atoms with van der Waals surface area (Å²) in [7, 11) is 1.79. The van der Waals surface area contributed by atoms with Crippen LogP contribution in [0.25, 0.3) is 6.08 Å². The van der Waals surface area contributed by atoms with Gasteiger partial charge in [-0.1, -0.05) is 17.7 Å². The van der Waals surface area contributed by atoms with Gasteiger partial charge in [0.15, 0.2) is 0 Å². The second-order valence-electron chi connectivity index (χ2n) is 5.52. The first-order valence-electron chi connectivity index (χ1n) is 7.26. The van der Waals surface area contributed by atoms with Gasteiger partial charge in [0.1, 0.15) is 5.15 Å². The van der Waals surface area contributed by atoms with Gasteiger partial charge in [0.05, 0.1) is 12.2 Å². The van der Waals surface area contributed by atoms with Gasteiger partial charge in [-0.3, -0.25) is 9.48 Å². The number of hydrogen-bond donors (Lipinski definition) is 0. The molecule has 0 spiro atoms. The zero-order chi connectivity index (χ0) is 15.7. The van der Waals surface area contributed by atoms with E-state index in [2.05, 4.69) is 11.2 Å². The fourth-order valence-corrected chi connectivity index (χ4v) is 3.37. The Bertz CT molecular complexity index is 701. The van der Waals surface area contributed by atoms with Crippen LogP contribution in [0.2, 0.25) is 5.15 Å². The van der Waals surface area contributed by atoms with E-state index >= 15 is 0 Å². The van der Waals surface area contributed by atoms with Crippen LogP contribution >= 0.6 is 22.9 Å². The Morgan fingerprint density at radius 1 is 1.59 bits per heavy atom. The largest absolute Gasteiger partial charge is 0.331 e. The maximum atomic E-state index is 12.5. The third-order valence-corrected chi connectivity index (χ3v) is 5.08. The van der Waals surface area contributed by atoms with Gasteiger partial charge in [0.25, 0.3) is 0 Å². The molecule has 2 aromatic heterocycles. The topological polar surface area (TPSA) is 38.1 Å². The predicted molar refractivity (Wildman–Crippen MR) is 89.9 cm³/mol. The zero-order valence-electron chi connectivity index (χ0n) is 12.6. The van der Waals surface area contributed by atoms with Gasteiger partial charge in [0, 0.05) is 29.6 Å². The molecule has 4 nitrogen and oxygen atoms in total. The molecular formula is C16H18ClN3OS. The van der Waals surface area contributed by atoms with Crippen molar-refractivity contribution in [1.29, 1.82) is 0 Å². The fraction of sp³-hybridized carbons (Fsp3) is 0.375. The smallest absolute Gasteiger partial charge is 0.247 e. The first-order chi connectivity index (χ1) is 10.6. The highest BCUT2D eigenvalue weighted by atomic mass is 35.5. The molecule has 0 aromatic carbocycles. The SMILES string of the molecule is Cc1nn(C)c(Cl)c1/C=C/C(=O)N(Cc1cccs1)C1CC1. The predicted octanol–water partition coefficient (Wildman–Crippen LogP) is 3.65. The Kier molecular flexibility index (Phi) is 4.36. The van der Waals surface area contributed by atoms with Gasteiger partial charge < -0.3 is 4.90 Å². The van der Waals surface area contributed by atoms with Crippen molar-refractivity contribution in [3.05, 3.63) is 44.9 Å². The van der Waals surface area contributed by atoms with Gasteiger partial charge in [-0.05, 0) is 37.3 Å². The van der Waals surface area contributed by atoms with Gasteiger partial charge in [-0.25, -0.2) is 0 Å². The molecule has 1 amide bonds. The molecular weight excluding hydrogens is 318 g/mol. The average molecular weight is 336 g/mol. The summed E-state index contributed by atoms with van der Waals surface area (Å²) < 4.78 is 1.62. The van der Waals surface area contributed by atoms with E-state index < -0.39 is 0 Å². The number of nitrogens with zero attached hydrogens (tertiary/aromatic N) is 3. The van der Waals surface area contributed by atoms with Crippen molar-refractivity contribution >= 4 is 34.9 Å². The summed E-state index contributed by atoms with van der Waals surface area (Å²) in [6.45, 7) is 2.57. The summed E-state index contributed by atoms with van der Waals surface area (Å²) in [5.74, 6) is 0.0372. The highest BCUT2D eigenvalue weighted by molar-refractivity contribution is 7.09. The number of thiophene rings is 1. The number of aryl methyl sites for hydroxylation is 2. The minimum Gasteiger partial charge on any atom is -0.331 e. The van der Waals surface area contributed by atoms with Gasteiger partial charge in [0.2, 0.25) is 5.91 Å². The van der Waals surface area contributed by atoms with Crippen LogP contribution in [0.5, 0.6) is 0 Å². The molecule has 6 heteroatoms. The molecule has 1 aliphatic carbocycles. The molecule has 0 N–H and O–H groups in total. The highest BCUT2D eigenvalue weighted by Gasteiger charge is 2.31. The van der Waals surface area contributed by atoms with E-state index in [-0.39, 0.29) is 5.91 Å². The van der Waals surface area contributed by atoms with Crippen LogP contribution in [0.1, 0.15) is 29.0 Å². The van der Waals surface area contributed by atoms with E-state index in [0.29, 0.717) is 17.7 Å². The van der Waals surface area contributed by atoms with Crippen LogP contribution in [-0.4, -0.2) is 26.6 Å². The molecule has 0 atom stereocenters. The second-order valence-corrected chi connectivity index (χ2v) is 6.91. The van der Waals surface area contributed by atoms with Crippen molar-refractivity contribution in [2.75, 3.05) is 0 Å². The van der Waals surface area contributed by atoms with Crippen LogP contribution in [0.4, 0.5) is 0 Å². The number of carbonyl (C=O) groups excluding carboxylic acids is 1. The standard InChI is InChI=1S/C16H18ClN3OS/c1-11-14(16(17)19(2)18-11)7-8-15(21)20(12-5-6-12)10-13-4-3-9-22-13/h3-4,7-9,12H,5-6,10H2,1-2H3/b8-7+. The van der Waals surface area contributed by atoms with Crippen molar-refractivity contribution in [2.24, 2.45) is 7.05 Å². The number of carbonyl (C=O) groups is 1. The molecule has 2 aromatic rings. The molecule has 1 fully saturated rings. The molecule has 3 rings (SSSR count). The van der Waals surface area contributed by atoms with Gasteiger partial charge in [-0.2, -0.15) is 5.10 Å². The summed E-state index contributed by atoms with van der Waals surface area (Å²) in [4.78, 5) is 15.7. The van der Waals surface area contributed by atoms with Crippen LogP contribution in [0.3, 0.4) is 0 Å². The lowest BCUT2D eigenvalue weighted by molar-refractivity contribution is -0.127. The molecule has 0 aliphatic heterocycles. The Morgan fingerprint density at radius 3 is 2.91 bits per heavy atom. The Morgan fingerprint density at radius 2 is 2.36 bits per heavy atom. The average Bonchev–Trinajstić information content (AvgIpc) is 3.13. The number of rotatable bonds is 5. The summed E-state index contributed by atoms with van der Waals surface area (Å²) in [6.07, 6.45) is 5.58. The third kappa shape index (κ3) is 3.25. The van der Waals surface area contributed by atoms with E-state index in [0.717, 1.165) is 24.1 Å². The summed E-state index contributed by atoms with van der Waals surface area (Å²) in [6, 6.07) is 4.47. The molecule has 116 valence electrons. The molecule has 0 unspecified atom stereocenters. The second kappa shape index (κ2) is 6.26. The van der Waals surface area contributed by atoms with Crippen molar-refractivity contribution < 1.29 is 4.79 Å². The molecule has 1 saturated carbocycles. The minimum absolute atomic E-state index is 0.0372. The molecule has 22 heavy (non-hydrogen) atoms. The van der Waals surface area contributed by atoms with E-state index in [4.69, 9.17) is 11.6 Å². The fourth-order valence-electron chi connectivity index (χ4n) is 2.43. The molecule has 0 saturated heterocycles. The van der Waals surface area contributed by atoms with E-state index in [1.807, 2.05) is 23.3 Å². The van der Waals surface area contributed by atoms with Crippen LogP contribution < -0.4 is 0 Å². The monoisotopic (exact) mass is 335 g/mol. The highest BCUT2D eigenvalue weighted by Crippen LogP contribution is 2.30. The Hall–Kier alpha value is -1.59. The normalized spacial score (nSPS) is 14.7. The van der Waals surface area contributed by atoms with E-state index in [9.17, 15) is 4.79 Å². The summed E-state index contributed by atoms with van der Waals surface area (Å²) >= 11 is 7.88. The van der Waals surface area contributed by atoms with Crippen molar-refractivity contribution in [3.63, 3.8) is 0 Å². The maximum absolute atomic E-state index is 12.5. The molecule has 1 aliphatic rings. The van der Waals surface area contributed by atoms with Gasteiger partial charge in [-0.15, -0.1) is 11.3 Å². The van der Waals surface area contributed by atoms with E-state index in [1.165, 1.54) is 4.88 Å². The number of halogens is 1. The molecule has 2 heterocycles. The van der Waals surface area contributed by atoms with E-state index in [1.54, 1.807) is 35.2 Å². The zero-order valence-corrected chi connectivity index (χ0v) is 14.2. The molecule has 0 bridgehead atoms. The number of amides is 1. The van der Waals surface area contributed by atoms with Crippen LogP contribution in [0.15, 0.2) is 23.6 Å². The van der Waals surface area contributed by atoms with Crippen LogP contribution in [-0.2, 0) is 18.4 Å². The Labute approximate surface area is 139 Å². The van der Waals surface area contributed by atoms with Crippen molar-refractivity contribution in [2.45, 2.75) is 32.4 Å². The third-order valence-electron chi connectivity index (χ3n) is 3.77.